The Morgan fingerprint density at radius 2 is 2.00 bits per heavy atom. The van der Waals surface area contributed by atoms with Crippen LogP contribution in [0.3, 0.4) is 0 Å². The van der Waals surface area contributed by atoms with E-state index in [1.54, 1.807) is 12.3 Å². The fourth-order valence-electron chi connectivity index (χ4n) is 5.75. The van der Waals surface area contributed by atoms with Crippen molar-refractivity contribution in [3.63, 3.8) is 0 Å². The fourth-order valence-corrected chi connectivity index (χ4v) is 5.75. The molecule has 1 atom stereocenters. The number of halogens is 1. The zero-order valence-corrected chi connectivity index (χ0v) is 19.5. The van der Waals surface area contributed by atoms with Gasteiger partial charge in [-0.2, -0.15) is 5.10 Å². The third-order valence-electron chi connectivity index (χ3n) is 7.49. The van der Waals surface area contributed by atoms with Gasteiger partial charge in [0.05, 0.1) is 19.0 Å². The topological polar surface area (TPSA) is 66.7 Å². The number of aromatic nitrogens is 3. The maximum Gasteiger partial charge on any atom is 0.409 e. The molecule has 9 heteroatoms. The van der Waals surface area contributed by atoms with Crippen molar-refractivity contribution in [2.75, 3.05) is 50.8 Å². The number of carbonyl (C=O) groups is 1. The fraction of sp³-hybridized carbons (Fsp3) is 0.625. The average molecular weight is 457 g/mol. The molecule has 178 valence electrons. The summed E-state index contributed by atoms with van der Waals surface area (Å²) in [4.78, 5) is 23.1. The molecule has 2 aromatic heterocycles. The lowest BCUT2D eigenvalue weighted by molar-refractivity contribution is -0.00294. The number of rotatable bonds is 5. The van der Waals surface area contributed by atoms with Gasteiger partial charge in [0.2, 0.25) is 0 Å². The summed E-state index contributed by atoms with van der Waals surface area (Å²) < 4.78 is 21.0. The highest BCUT2D eigenvalue weighted by Gasteiger charge is 2.51. The zero-order valence-electron chi connectivity index (χ0n) is 19.5. The number of anilines is 1. The molecule has 2 aromatic rings. The second-order valence-corrected chi connectivity index (χ2v) is 9.58. The van der Waals surface area contributed by atoms with E-state index in [4.69, 9.17) is 4.74 Å². The Morgan fingerprint density at radius 1 is 1.21 bits per heavy atom. The predicted molar refractivity (Wildman–Crippen MR) is 124 cm³/mol. The molecule has 5 rings (SSSR count). The van der Waals surface area contributed by atoms with E-state index in [1.807, 2.05) is 29.6 Å². The molecule has 1 saturated carbocycles. The highest BCUT2D eigenvalue weighted by Crippen LogP contribution is 2.47. The quantitative estimate of drug-likeness (QED) is 0.688. The minimum Gasteiger partial charge on any atom is -0.450 e. The molecule has 1 aliphatic carbocycles. The SMILES string of the molecule is CCOC(=O)N1CC2(CC[C@@H](N3CCN(c4ncc(F)cc4-c4cnn(CC)c4)CC3)C2)C1. The Balaban J connectivity index is 1.20. The average Bonchev–Trinajstić information content (AvgIpc) is 3.46. The van der Waals surface area contributed by atoms with Crippen LogP contribution in [0.2, 0.25) is 0 Å². The first-order valence-corrected chi connectivity index (χ1v) is 12.1. The lowest BCUT2D eigenvalue weighted by Gasteiger charge is -2.48. The minimum absolute atomic E-state index is 0.174. The van der Waals surface area contributed by atoms with Gasteiger partial charge in [-0.15, -0.1) is 0 Å². The van der Waals surface area contributed by atoms with Crippen molar-refractivity contribution in [2.24, 2.45) is 5.41 Å². The van der Waals surface area contributed by atoms with Crippen molar-refractivity contribution in [1.29, 1.82) is 0 Å². The summed E-state index contributed by atoms with van der Waals surface area (Å²) in [5.74, 6) is 0.504. The number of piperazine rings is 1. The van der Waals surface area contributed by atoms with Gasteiger partial charge >= 0.3 is 6.09 Å². The largest absolute Gasteiger partial charge is 0.450 e. The van der Waals surface area contributed by atoms with Gasteiger partial charge in [0.15, 0.2) is 0 Å². The molecular formula is C24H33FN6O2. The first kappa shape index (κ1) is 22.1. The lowest BCUT2D eigenvalue weighted by atomic mass is 9.78. The van der Waals surface area contributed by atoms with Gasteiger partial charge in [-0.25, -0.2) is 14.2 Å². The molecule has 1 amide bonds. The van der Waals surface area contributed by atoms with Gasteiger partial charge in [-0.05, 0) is 39.2 Å². The molecule has 4 heterocycles. The minimum atomic E-state index is -0.328. The number of hydrogen-bond acceptors (Lipinski definition) is 6. The lowest BCUT2D eigenvalue weighted by Crippen LogP contribution is -2.58. The Kier molecular flexibility index (Phi) is 5.99. The summed E-state index contributed by atoms with van der Waals surface area (Å²) in [7, 11) is 0. The number of carbonyl (C=O) groups excluding carboxylic acids is 1. The summed E-state index contributed by atoms with van der Waals surface area (Å²) in [5.41, 5.74) is 1.98. The third kappa shape index (κ3) is 4.30. The molecule has 0 unspecified atom stereocenters. The van der Waals surface area contributed by atoms with Crippen LogP contribution in [0.1, 0.15) is 33.1 Å². The molecule has 8 nitrogen and oxygen atoms in total. The Hall–Kier alpha value is -2.68. The highest BCUT2D eigenvalue weighted by molar-refractivity contribution is 5.75. The van der Waals surface area contributed by atoms with E-state index in [0.29, 0.717) is 12.6 Å². The first-order valence-electron chi connectivity index (χ1n) is 12.1. The van der Waals surface area contributed by atoms with E-state index in [1.165, 1.54) is 19.0 Å². The molecule has 33 heavy (non-hydrogen) atoms. The van der Waals surface area contributed by atoms with Crippen LogP contribution in [0, 0.1) is 11.2 Å². The second-order valence-electron chi connectivity index (χ2n) is 9.58. The number of likely N-dealkylation sites (tertiary alicyclic amines) is 1. The van der Waals surface area contributed by atoms with Gasteiger partial charge in [0.25, 0.3) is 0 Å². The third-order valence-corrected chi connectivity index (χ3v) is 7.49. The van der Waals surface area contributed by atoms with Crippen LogP contribution in [0.4, 0.5) is 15.0 Å². The Morgan fingerprint density at radius 3 is 2.70 bits per heavy atom. The van der Waals surface area contributed by atoms with Crippen LogP contribution < -0.4 is 4.90 Å². The Labute approximate surface area is 194 Å². The number of hydrogen-bond donors (Lipinski definition) is 0. The van der Waals surface area contributed by atoms with Crippen LogP contribution >= 0.6 is 0 Å². The van der Waals surface area contributed by atoms with Crippen molar-refractivity contribution in [3.8, 4) is 11.1 Å². The number of amides is 1. The maximum atomic E-state index is 14.0. The van der Waals surface area contributed by atoms with Crippen LogP contribution in [0.15, 0.2) is 24.7 Å². The molecule has 0 radical (unpaired) electrons. The van der Waals surface area contributed by atoms with E-state index in [0.717, 1.165) is 69.2 Å². The van der Waals surface area contributed by atoms with E-state index in [2.05, 4.69) is 19.9 Å². The first-order chi connectivity index (χ1) is 16.0. The van der Waals surface area contributed by atoms with Crippen molar-refractivity contribution >= 4 is 11.9 Å². The monoisotopic (exact) mass is 456 g/mol. The van der Waals surface area contributed by atoms with Crippen molar-refractivity contribution in [3.05, 3.63) is 30.5 Å². The van der Waals surface area contributed by atoms with Crippen LogP contribution in [0.25, 0.3) is 11.1 Å². The number of pyridine rings is 1. The van der Waals surface area contributed by atoms with Gasteiger partial charge in [0, 0.05) is 74.6 Å². The summed E-state index contributed by atoms with van der Waals surface area (Å²) in [6.45, 7) is 10.4. The maximum absolute atomic E-state index is 14.0. The summed E-state index contributed by atoms with van der Waals surface area (Å²) >= 11 is 0. The molecule has 3 aliphatic rings. The van der Waals surface area contributed by atoms with E-state index >= 15 is 0 Å². The predicted octanol–water partition coefficient (Wildman–Crippen LogP) is 3.24. The standard InChI is InChI=1S/C24H33FN6O2/c1-3-31-15-18(13-27-31)21-11-19(25)14-26-22(21)29-9-7-28(8-10-29)20-5-6-24(12-20)16-30(17-24)23(32)33-4-2/h11,13-15,20H,3-10,12,16-17H2,1-2H3/t20-/m1/s1. The summed E-state index contributed by atoms with van der Waals surface area (Å²) in [6.07, 6.45) is 8.39. The molecule has 2 saturated heterocycles. The summed E-state index contributed by atoms with van der Waals surface area (Å²) in [5, 5.41) is 4.35. The smallest absolute Gasteiger partial charge is 0.409 e. The number of ether oxygens (including phenoxy) is 1. The van der Waals surface area contributed by atoms with E-state index in [-0.39, 0.29) is 17.3 Å². The van der Waals surface area contributed by atoms with Gasteiger partial charge in [0.1, 0.15) is 11.6 Å². The Bertz CT molecular complexity index is 997. The molecule has 0 aromatic carbocycles. The number of aryl methyl sites for hydroxylation is 1. The van der Waals surface area contributed by atoms with Crippen molar-refractivity contribution in [1.82, 2.24) is 24.6 Å². The normalized spacial score (nSPS) is 22.6. The van der Waals surface area contributed by atoms with Gasteiger partial charge in [-0.1, -0.05) is 0 Å². The van der Waals surface area contributed by atoms with Crippen LogP contribution in [0.5, 0.6) is 0 Å². The van der Waals surface area contributed by atoms with Crippen LogP contribution in [-0.2, 0) is 11.3 Å². The molecule has 2 aliphatic heterocycles. The molecule has 0 N–H and O–H groups in total. The molecule has 1 spiro atoms. The second kappa shape index (κ2) is 8.93. The van der Waals surface area contributed by atoms with Gasteiger partial charge in [-0.3, -0.25) is 9.58 Å². The molecular weight excluding hydrogens is 423 g/mol. The van der Waals surface area contributed by atoms with Crippen LogP contribution in [-0.4, -0.2) is 82.6 Å². The number of nitrogens with zero attached hydrogens (tertiary/aromatic N) is 6. The van der Waals surface area contributed by atoms with E-state index in [9.17, 15) is 9.18 Å². The van der Waals surface area contributed by atoms with E-state index < -0.39 is 0 Å². The zero-order chi connectivity index (χ0) is 23.0. The molecule has 0 bridgehead atoms. The van der Waals surface area contributed by atoms with Crippen molar-refractivity contribution in [2.45, 2.75) is 45.7 Å². The molecule has 3 fully saturated rings. The van der Waals surface area contributed by atoms with Gasteiger partial charge < -0.3 is 14.5 Å². The summed E-state index contributed by atoms with van der Waals surface area (Å²) in [6, 6.07) is 2.14. The van der Waals surface area contributed by atoms with Crippen molar-refractivity contribution < 1.29 is 13.9 Å². The highest BCUT2D eigenvalue weighted by atomic mass is 19.1.